The molecule has 3 nitrogen and oxygen atoms in total. The predicted octanol–water partition coefficient (Wildman–Crippen LogP) is 4.79. The van der Waals surface area contributed by atoms with E-state index >= 15 is 0 Å². The molecule has 0 aliphatic carbocycles. The van der Waals surface area contributed by atoms with E-state index in [1.54, 1.807) is 0 Å². The zero-order valence-corrected chi connectivity index (χ0v) is 15.8. The summed E-state index contributed by atoms with van der Waals surface area (Å²) in [6.07, 6.45) is -0.215. The van der Waals surface area contributed by atoms with E-state index in [1.807, 2.05) is 25.7 Å². The van der Waals surface area contributed by atoms with Crippen molar-refractivity contribution in [2.75, 3.05) is 18.4 Å². The monoisotopic (exact) mass is 417 g/mol. The molecule has 0 N–H and O–H groups in total. The van der Waals surface area contributed by atoms with E-state index < -0.39 is 5.60 Å². The fourth-order valence-corrected chi connectivity index (χ4v) is 3.51. The van der Waals surface area contributed by atoms with Crippen molar-refractivity contribution in [3.63, 3.8) is 0 Å². The quantitative estimate of drug-likeness (QED) is 0.646. The highest BCUT2D eigenvalue weighted by Gasteiger charge is 2.37. The summed E-state index contributed by atoms with van der Waals surface area (Å²) in [6, 6.07) is 8.36. The number of likely N-dealkylation sites (tertiary alicyclic amines) is 1. The number of hydrogen-bond donors (Lipinski definition) is 0. The van der Waals surface area contributed by atoms with Gasteiger partial charge in [0.05, 0.1) is 0 Å². The third kappa shape index (κ3) is 4.46. The molecule has 1 amide bonds. The minimum Gasteiger partial charge on any atom is -0.444 e. The smallest absolute Gasteiger partial charge is 0.410 e. The molecule has 1 saturated heterocycles. The molecule has 1 aromatic rings. The molecule has 5 heteroatoms. The summed E-state index contributed by atoms with van der Waals surface area (Å²) in [4.78, 5) is 14.1. The van der Waals surface area contributed by atoms with E-state index in [0.717, 1.165) is 16.3 Å². The molecule has 0 spiro atoms. The van der Waals surface area contributed by atoms with Crippen molar-refractivity contribution in [2.24, 2.45) is 5.92 Å². The van der Waals surface area contributed by atoms with Gasteiger partial charge in [-0.15, -0.1) is 0 Å². The van der Waals surface area contributed by atoms with Gasteiger partial charge in [0.2, 0.25) is 0 Å². The van der Waals surface area contributed by atoms with E-state index in [-0.39, 0.29) is 6.09 Å². The van der Waals surface area contributed by atoms with E-state index in [1.165, 1.54) is 5.56 Å². The first-order valence-electron chi connectivity index (χ1n) is 7.09. The maximum Gasteiger partial charge on any atom is 0.410 e. The van der Waals surface area contributed by atoms with Gasteiger partial charge in [0.25, 0.3) is 0 Å². The zero-order valence-electron chi connectivity index (χ0n) is 12.6. The second kappa shape index (κ2) is 6.69. The van der Waals surface area contributed by atoms with Crippen LogP contribution in [0.15, 0.2) is 28.7 Å². The van der Waals surface area contributed by atoms with Crippen LogP contribution in [-0.2, 0) is 4.74 Å². The van der Waals surface area contributed by atoms with Gasteiger partial charge >= 0.3 is 6.09 Å². The Morgan fingerprint density at radius 2 is 1.90 bits per heavy atom. The van der Waals surface area contributed by atoms with E-state index in [0.29, 0.717) is 18.4 Å². The molecule has 0 saturated carbocycles. The summed E-state index contributed by atoms with van der Waals surface area (Å²) >= 11 is 7.04. The van der Waals surface area contributed by atoms with Crippen LogP contribution < -0.4 is 0 Å². The lowest BCUT2D eigenvalue weighted by Gasteiger charge is -2.24. The Hall–Kier alpha value is -0.550. The molecule has 0 radical (unpaired) electrons. The molecular weight excluding hydrogens is 398 g/mol. The van der Waals surface area contributed by atoms with Crippen LogP contribution in [0.5, 0.6) is 0 Å². The highest BCUT2D eigenvalue weighted by Crippen LogP contribution is 2.35. The van der Waals surface area contributed by atoms with Gasteiger partial charge in [0.15, 0.2) is 0 Å². The number of carbonyl (C=O) groups excluding carboxylic acids is 1. The van der Waals surface area contributed by atoms with Crippen molar-refractivity contribution in [3.05, 3.63) is 34.3 Å². The highest BCUT2D eigenvalue weighted by atomic mass is 79.9. The molecule has 116 valence electrons. The minimum atomic E-state index is -0.448. The second-order valence-corrected chi connectivity index (χ2v) is 8.02. The van der Waals surface area contributed by atoms with Crippen LogP contribution in [0.3, 0.4) is 0 Å². The lowest BCUT2D eigenvalue weighted by molar-refractivity contribution is 0.0288. The second-order valence-electron chi connectivity index (χ2n) is 6.46. The standard InChI is InChI=1S/C16H21Br2NO2/c1-16(2,3)21-15(20)19-9-12(8-17)14(10-19)11-4-6-13(18)7-5-11/h4-7,12,14H,8-10H2,1-3H3/t12-,14+/m0/s1. The largest absolute Gasteiger partial charge is 0.444 e. The molecule has 1 fully saturated rings. The average molecular weight is 419 g/mol. The van der Waals surface area contributed by atoms with Crippen LogP contribution in [0.2, 0.25) is 0 Å². The number of alkyl halides is 1. The number of amides is 1. The van der Waals surface area contributed by atoms with Gasteiger partial charge in [-0.2, -0.15) is 0 Å². The van der Waals surface area contributed by atoms with Crippen molar-refractivity contribution in [3.8, 4) is 0 Å². The summed E-state index contributed by atoms with van der Waals surface area (Å²) in [6.45, 7) is 7.15. The molecule has 1 aliphatic rings. The average Bonchev–Trinajstić information content (AvgIpc) is 2.82. The minimum absolute atomic E-state index is 0.215. The van der Waals surface area contributed by atoms with E-state index in [9.17, 15) is 4.79 Å². The molecule has 1 aliphatic heterocycles. The zero-order chi connectivity index (χ0) is 15.6. The fourth-order valence-electron chi connectivity index (χ4n) is 2.59. The number of ether oxygens (including phenoxy) is 1. The van der Waals surface area contributed by atoms with Crippen molar-refractivity contribution in [1.82, 2.24) is 4.90 Å². The molecule has 1 aromatic carbocycles. The normalized spacial score (nSPS) is 22.4. The molecule has 0 bridgehead atoms. The van der Waals surface area contributed by atoms with Crippen LogP contribution in [0.4, 0.5) is 4.79 Å². The predicted molar refractivity (Wildman–Crippen MR) is 92.0 cm³/mol. The Bertz CT molecular complexity index is 496. The molecule has 1 heterocycles. The van der Waals surface area contributed by atoms with Gasteiger partial charge in [0, 0.05) is 28.8 Å². The topological polar surface area (TPSA) is 29.5 Å². The van der Waals surface area contributed by atoms with Crippen molar-refractivity contribution in [1.29, 1.82) is 0 Å². The van der Waals surface area contributed by atoms with Crippen molar-refractivity contribution >= 4 is 38.0 Å². The first-order chi connectivity index (χ1) is 9.80. The maximum atomic E-state index is 12.2. The summed E-state index contributed by atoms with van der Waals surface area (Å²) in [5, 5.41) is 0.882. The summed E-state index contributed by atoms with van der Waals surface area (Å²) in [5.41, 5.74) is 0.824. The third-order valence-electron chi connectivity index (χ3n) is 3.59. The van der Waals surface area contributed by atoms with Crippen LogP contribution in [0.25, 0.3) is 0 Å². The van der Waals surface area contributed by atoms with E-state index in [2.05, 4.69) is 56.1 Å². The molecule has 0 unspecified atom stereocenters. The summed E-state index contributed by atoms with van der Waals surface area (Å²) in [5.74, 6) is 0.767. The maximum absolute atomic E-state index is 12.2. The summed E-state index contributed by atoms with van der Waals surface area (Å²) < 4.78 is 6.55. The first kappa shape index (κ1) is 16.8. The Morgan fingerprint density at radius 1 is 1.29 bits per heavy atom. The number of nitrogens with zero attached hydrogens (tertiary/aromatic N) is 1. The Morgan fingerprint density at radius 3 is 2.43 bits per heavy atom. The molecule has 0 aromatic heterocycles. The molecule has 2 atom stereocenters. The van der Waals surface area contributed by atoms with Crippen LogP contribution in [0, 0.1) is 5.92 Å². The van der Waals surface area contributed by atoms with Gasteiger partial charge in [-0.25, -0.2) is 4.79 Å². The Kier molecular flexibility index (Phi) is 5.36. The first-order valence-corrected chi connectivity index (χ1v) is 9.01. The molecular formula is C16H21Br2NO2. The van der Waals surface area contributed by atoms with Crippen molar-refractivity contribution in [2.45, 2.75) is 32.3 Å². The van der Waals surface area contributed by atoms with Gasteiger partial charge in [-0.1, -0.05) is 44.0 Å². The number of rotatable bonds is 2. The summed E-state index contributed by atoms with van der Waals surface area (Å²) in [7, 11) is 0. The molecule has 2 rings (SSSR count). The van der Waals surface area contributed by atoms with Crippen LogP contribution >= 0.6 is 31.9 Å². The number of carbonyl (C=O) groups is 1. The number of halogens is 2. The fraction of sp³-hybridized carbons (Fsp3) is 0.562. The van der Waals surface area contributed by atoms with Crippen LogP contribution in [0.1, 0.15) is 32.3 Å². The Labute approximate surface area is 143 Å². The molecule has 21 heavy (non-hydrogen) atoms. The lowest BCUT2D eigenvalue weighted by Crippen LogP contribution is -2.35. The Balaban J connectivity index is 2.10. The lowest BCUT2D eigenvalue weighted by atomic mass is 9.90. The van der Waals surface area contributed by atoms with Gasteiger partial charge in [0.1, 0.15) is 5.60 Å². The van der Waals surface area contributed by atoms with Gasteiger partial charge in [-0.05, 0) is 44.4 Å². The number of benzene rings is 1. The SMILES string of the molecule is CC(C)(C)OC(=O)N1C[C@H](CBr)[C@@H](c2ccc(Br)cc2)C1. The number of hydrogen-bond acceptors (Lipinski definition) is 2. The van der Waals surface area contributed by atoms with Gasteiger partial charge in [-0.3, -0.25) is 0 Å². The highest BCUT2D eigenvalue weighted by molar-refractivity contribution is 9.10. The van der Waals surface area contributed by atoms with Crippen molar-refractivity contribution < 1.29 is 9.53 Å². The van der Waals surface area contributed by atoms with E-state index in [4.69, 9.17) is 4.74 Å². The van der Waals surface area contributed by atoms with Crippen LogP contribution in [-0.4, -0.2) is 35.0 Å². The van der Waals surface area contributed by atoms with Gasteiger partial charge < -0.3 is 9.64 Å². The third-order valence-corrected chi connectivity index (χ3v) is 4.95.